The molecule has 29 heavy (non-hydrogen) atoms. The smallest absolute Gasteiger partial charge is 0.184 e. The molecule has 6 rings (SSSR count). The molecule has 7 heteroatoms. The Bertz CT molecular complexity index is 787. The first kappa shape index (κ1) is 19.8. The maximum Gasteiger partial charge on any atom is 0.184 e. The van der Waals surface area contributed by atoms with Gasteiger partial charge in [-0.1, -0.05) is 11.6 Å². The van der Waals surface area contributed by atoms with Gasteiger partial charge in [-0.3, -0.25) is 9.48 Å². The second-order valence-electron chi connectivity index (χ2n) is 10.2. The predicted molar refractivity (Wildman–Crippen MR) is 113 cm³/mol. The van der Waals surface area contributed by atoms with E-state index < -0.39 is 5.60 Å². The number of aryl methyl sites for hydroxylation is 1. The van der Waals surface area contributed by atoms with Gasteiger partial charge >= 0.3 is 0 Å². The number of piperidine rings is 1. The topological polar surface area (TPSA) is 70.4 Å². The number of likely N-dealkylation sites (N-methyl/N-ethyl adjacent to an activating group) is 1. The first-order valence-electron chi connectivity index (χ1n) is 11.3. The molecule has 0 amide bonds. The Hall–Kier alpha value is -1.11. The predicted octanol–water partition coefficient (Wildman–Crippen LogP) is 3.02. The minimum absolute atomic E-state index is 0.0662. The van der Waals surface area contributed by atoms with E-state index in [-0.39, 0.29) is 5.78 Å². The zero-order valence-electron chi connectivity index (χ0n) is 17.5. The van der Waals surface area contributed by atoms with Crippen LogP contribution in [0.3, 0.4) is 0 Å². The Morgan fingerprint density at radius 1 is 1.34 bits per heavy atom. The average molecular weight is 421 g/mol. The van der Waals surface area contributed by atoms with Crippen molar-refractivity contribution in [2.24, 2.45) is 30.7 Å². The van der Waals surface area contributed by atoms with E-state index in [1.54, 1.807) is 4.68 Å². The van der Waals surface area contributed by atoms with Crippen molar-refractivity contribution >= 4 is 23.2 Å². The first-order valence-corrected chi connectivity index (χ1v) is 11.6. The molecular formula is C22H33ClN4O2. The van der Waals surface area contributed by atoms with Gasteiger partial charge in [0.2, 0.25) is 0 Å². The Labute approximate surface area is 178 Å². The highest BCUT2D eigenvalue weighted by atomic mass is 35.5. The van der Waals surface area contributed by atoms with Gasteiger partial charge in [-0.05, 0) is 75.2 Å². The Balaban J connectivity index is 1.33. The molecule has 0 radical (unpaired) electrons. The standard InChI is InChI=1S/C22H33ClN4O2/c1-26(16-4-3-5-24-12-16)21-19(23)20(25-27(21)2)18(28)8-17-14-6-13-7-15(17)11-22(29,9-13)10-14/h13-17,24,29H,3-12H2,1-2H3/t13?,14?,15?,16-,17?,22?/m0/s1. The molecule has 160 valence electrons. The molecule has 4 saturated carbocycles. The van der Waals surface area contributed by atoms with E-state index in [4.69, 9.17) is 11.6 Å². The monoisotopic (exact) mass is 420 g/mol. The molecule has 1 saturated heterocycles. The van der Waals surface area contributed by atoms with Gasteiger partial charge in [0, 0.05) is 33.1 Å². The number of anilines is 1. The number of nitrogens with zero attached hydrogens (tertiary/aromatic N) is 3. The van der Waals surface area contributed by atoms with Gasteiger partial charge in [0.1, 0.15) is 16.5 Å². The van der Waals surface area contributed by atoms with Gasteiger partial charge in [0.25, 0.3) is 0 Å². The SMILES string of the molecule is CN(c1c(Cl)c(C(=O)CC2C3CC4CC2CC(O)(C4)C3)nn1C)[C@H]1CCCNC1. The lowest BCUT2D eigenvalue weighted by molar-refractivity contribution is -0.151. The minimum Gasteiger partial charge on any atom is -0.390 e. The van der Waals surface area contributed by atoms with Gasteiger partial charge in [-0.15, -0.1) is 0 Å². The largest absolute Gasteiger partial charge is 0.390 e. The van der Waals surface area contributed by atoms with E-state index in [1.165, 1.54) is 12.8 Å². The summed E-state index contributed by atoms with van der Waals surface area (Å²) in [6.45, 7) is 1.99. The number of carbonyl (C=O) groups excluding carboxylic acids is 1. The summed E-state index contributed by atoms with van der Waals surface area (Å²) in [5.74, 6) is 2.90. The summed E-state index contributed by atoms with van der Waals surface area (Å²) < 4.78 is 1.77. The van der Waals surface area contributed by atoms with Crippen LogP contribution in [0, 0.1) is 23.7 Å². The summed E-state index contributed by atoms with van der Waals surface area (Å²) in [5.41, 5.74) is -0.0323. The zero-order chi connectivity index (χ0) is 20.3. The van der Waals surface area contributed by atoms with Crippen molar-refractivity contribution in [3.8, 4) is 0 Å². The van der Waals surface area contributed by atoms with Gasteiger partial charge in [-0.2, -0.15) is 5.10 Å². The summed E-state index contributed by atoms with van der Waals surface area (Å²) in [6.07, 6.45) is 7.84. The Kier molecular flexibility index (Phi) is 4.95. The molecule has 2 unspecified atom stereocenters. The minimum atomic E-state index is -0.456. The van der Waals surface area contributed by atoms with Gasteiger partial charge < -0.3 is 15.3 Å². The number of ketones is 1. The van der Waals surface area contributed by atoms with Crippen molar-refractivity contribution in [2.75, 3.05) is 25.0 Å². The third kappa shape index (κ3) is 3.41. The number of rotatable bonds is 5. The van der Waals surface area contributed by atoms with Crippen LogP contribution in [0.25, 0.3) is 0 Å². The van der Waals surface area contributed by atoms with Crippen molar-refractivity contribution in [1.29, 1.82) is 0 Å². The number of hydrogen-bond donors (Lipinski definition) is 2. The van der Waals surface area contributed by atoms with Crippen molar-refractivity contribution in [3.05, 3.63) is 10.7 Å². The van der Waals surface area contributed by atoms with E-state index >= 15 is 0 Å². The fourth-order valence-corrected chi connectivity index (χ4v) is 7.52. The van der Waals surface area contributed by atoms with E-state index in [0.29, 0.717) is 46.9 Å². The molecule has 1 aromatic rings. The molecule has 5 aliphatic rings. The van der Waals surface area contributed by atoms with Crippen molar-refractivity contribution in [3.63, 3.8) is 0 Å². The van der Waals surface area contributed by atoms with Crippen LogP contribution in [0.1, 0.15) is 61.9 Å². The number of carbonyl (C=O) groups is 1. The van der Waals surface area contributed by atoms with Crippen LogP contribution < -0.4 is 10.2 Å². The maximum atomic E-state index is 13.2. The molecule has 0 aromatic carbocycles. The summed E-state index contributed by atoms with van der Waals surface area (Å²) in [5, 5.41) is 19.3. The van der Waals surface area contributed by atoms with Crippen LogP contribution >= 0.6 is 11.6 Å². The van der Waals surface area contributed by atoms with Crippen LogP contribution in [0.15, 0.2) is 0 Å². The Morgan fingerprint density at radius 3 is 2.69 bits per heavy atom. The Morgan fingerprint density at radius 2 is 2.07 bits per heavy atom. The molecule has 2 heterocycles. The summed E-state index contributed by atoms with van der Waals surface area (Å²) in [7, 11) is 3.93. The number of nitrogens with one attached hydrogen (secondary N) is 1. The highest BCUT2D eigenvalue weighted by molar-refractivity contribution is 6.36. The lowest BCUT2D eigenvalue weighted by Crippen LogP contribution is -2.54. The molecule has 0 spiro atoms. The number of halogens is 1. The average Bonchev–Trinajstić information content (AvgIpc) is 2.97. The quantitative estimate of drug-likeness (QED) is 0.716. The molecular weight excluding hydrogens is 388 g/mol. The lowest BCUT2D eigenvalue weighted by atomic mass is 9.49. The summed E-state index contributed by atoms with van der Waals surface area (Å²) in [4.78, 5) is 15.4. The fraction of sp³-hybridized carbons (Fsp3) is 0.818. The zero-order valence-corrected chi connectivity index (χ0v) is 18.3. The third-order valence-corrected chi connectivity index (χ3v) is 8.58. The second kappa shape index (κ2) is 7.24. The van der Waals surface area contributed by atoms with Crippen molar-refractivity contribution in [1.82, 2.24) is 15.1 Å². The van der Waals surface area contributed by atoms with Crippen LogP contribution in [0.4, 0.5) is 5.82 Å². The highest BCUT2D eigenvalue weighted by Crippen LogP contribution is 2.59. The van der Waals surface area contributed by atoms with Gasteiger partial charge in [0.05, 0.1) is 5.60 Å². The molecule has 3 atom stereocenters. The molecule has 1 aromatic heterocycles. The van der Waals surface area contributed by atoms with E-state index in [0.717, 1.165) is 51.0 Å². The normalized spacial score (nSPS) is 38.4. The summed E-state index contributed by atoms with van der Waals surface area (Å²) >= 11 is 6.72. The fourth-order valence-electron chi connectivity index (χ4n) is 7.12. The second-order valence-corrected chi connectivity index (χ2v) is 10.6. The van der Waals surface area contributed by atoms with Crippen LogP contribution in [0.5, 0.6) is 0 Å². The maximum absolute atomic E-state index is 13.2. The van der Waals surface area contributed by atoms with Gasteiger partial charge in [0.15, 0.2) is 5.78 Å². The van der Waals surface area contributed by atoms with Crippen molar-refractivity contribution in [2.45, 2.75) is 63.0 Å². The van der Waals surface area contributed by atoms with Crippen LogP contribution in [-0.4, -0.2) is 52.5 Å². The molecule has 5 fully saturated rings. The molecule has 4 bridgehead atoms. The third-order valence-electron chi connectivity index (χ3n) is 8.23. The summed E-state index contributed by atoms with van der Waals surface area (Å²) in [6, 6.07) is 0.366. The molecule has 6 nitrogen and oxygen atoms in total. The number of aliphatic hydroxyl groups is 1. The number of hydrogen-bond acceptors (Lipinski definition) is 5. The number of Topliss-reactive ketones (excluding diaryl/α,β-unsaturated/α-hetero) is 1. The van der Waals surface area contributed by atoms with E-state index in [1.807, 2.05) is 14.1 Å². The highest BCUT2D eigenvalue weighted by Gasteiger charge is 2.54. The molecule has 2 N–H and O–H groups in total. The first-order chi connectivity index (χ1) is 13.8. The molecule has 1 aliphatic heterocycles. The van der Waals surface area contributed by atoms with Crippen molar-refractivity contribution < 1.29 is 9.90 Å². The number of aromatic nitrogens is 2. The lowest BCUT2D eigenvalue weighted by Gasteiger charge is -2.58. The molecule has 4 aliphatic carbocycles. The van der Waals surface area contributed by atoms with E-state index in [2.05, 4.69) is 15.3 Å². The van der Waals surface area contributed by atoms with E-state index in [9.17, 15) is 9.90 Å². The van der Waals surface area contributed by atoms with Crippen LogP contribution in [0.2, 0.25) is 5.02 Å². The van der Waals surface area contributed by atoms with Gasteiger partial charge in [-0.25, -0.2) is 0 Å². The van der Waals surface area contributed by atoms with Crippen LogP contribution in [-0.2, 0) is 7.05 Å².